The fourth-order valence-corrected chi connectivity index (χ4v) is 3.78. The van der Waals surface area contributed by atoms with Crippen molar-refractivity contribution < 1.29 is 14.2 Å². The monoisotopic (exact) mass is 371 g/mol. The lowest BCUT2D eigenvalue weighted by atomic mass is 9.90. The maximum absolute atomic E-state index is 13.8. The van der Waals surface area contributed by atoms with Gasteiger partial charge >= 0.3 is 0 Å². The number of likely N-dealkylation sites (N-methyl/N-ethyl adjacent to an activating group) is 1. The highest BCUT2D eigenvalue weighted by Crippen LogP contribution is 2.44. The van der Waals surface area contributed by atoms with Crippen LogP contribution in [0.5, 0.6) is 5.88 Å². The predicted molar refractivity (Wildman–Crippen MR) is 103 cm³/mol. The summed E-state index contributed by atoms with van der Waals surface area (Å²) in [5.41, 5.74) is 5.34. The molecule has 1 N–H and O–H groups in total. The second kappa shape index (κ2) is 8.59. The number of nitrogens with zero attached hydrogens (tertiary/aromatic N) is 3. The highest BCUT2D eigenvalue weighted by molar-refractivity contribution is 5.80. The van der Waals surface area contributed by atoms with E-state index in [1.807, 2.05) is 13.1 Å². The number of fused-ring (bicyclic) bond motifs is 1. The summed E-state index contributed by atoms with van der Waals surface area (Å²) in [5.74, 6) is 0.291. The van der Waals surface area contributed by atoms with Crippen molar-refractivity contribution >= 4 is 5.57 Å². The lowest BCUT2D eigenvalue weighted by molar-refractivity contribution is 0.222. The van der Waals surface area contributed by atoms with E-state index in [9.17, 15) is 4.39 Å². The standard InChI is InChI=1S/C21H26FN3O2/c1-14(20-21(27-3)24-8-7-23-20)19-15(6-9-25(2)10-11-26)12-16-13-17(22)4-5-18(16)19/h4-5,7-8,13-14,26H,6,9-12H2,1-3H3. The van der Waals surface area contributed by atoms with E-state index in [1.165, 1.54) is 17.2 Å². The average molecular weight is 371 g/mol. The molecule has 0 spiro atoms. The molecule has 27 heavy (non-hydrogen) atoms. The molecule has 1 aromatic heterocycles. The van der Waals surface area contributed by atoms with Gasteiger partial charge in [0.05, 0.1) is 13.7 Å². The summed E-state index contributed by atoms with van der Waals surface area (Å²) in [6.07, 6.45) is 4.88. The first-order valence-corrected chi connectivity index (χ1v) is 9.20. The number of hydrogen-bond donors (Lipinski definition) is 1. The highest BCUT2D eigenvalue weighted by Gasteiger charge is 2.29. The Labute approximate surface area is 159 Å². The van der Waals surface area contributed by atoms with E-state index >= 15 is 0 Å². The first kappa shape index (κ1) is 19.5. The largest absolute Gasteiger partial charge is 0.480 e. The van der Waals surface area contributed by atoms with Crippen molar-refractivity contribution in [3.63, 3.8) is 0 Å². The minimum Gasteiger partial charge on any atom is -0.480 e. The zero-order valence-corrected chi connectivity index (χ0v) is 16.1. The number of halogens is 1. The fraction of sp³-hybridized carbons (Fsp3) is 0.429. The van der Waals surface area contributed by atoms with Crippen LogP contribution < -0.4 is 4.74 Å². The summed E-state index contributed by atoms with van der Waals surface area (Å²) >= 11 is 0. The van der Waals surface area contributed by atoms with Crippen molar-refractivity contribution in [2.45, 2.75) is 25.7 Å². The van der Waals surface area contributed by atoms with E-state index in [2.05, 4.69) is 21.8 Å². The van der Waals surface area contributed by atoms with Crippen molar-refractivity contribution in [2.75, 3.05) is 33.9 Å². The number of aromatic nitrogens is 2. The van der Waals surface area contributed by atoms with Gasteiger partial charge in [-0.25, -0.2) is 9.37 Å². The molecule has 0 saturated heterocycles. The Morgan fingerprint density at radius 3 is 2.78 bits per heavy atom. The van der Waals surface area contributed by atoms with Crippen LogP contribution in [0.3, 0.4) is 0 Å². The molecular formula is C21H26FN3O2. The summed E-state index contributed by atoms with van der Waals surface area (Å²) in [6, 6.07) is 5.00. The van der Waals surface area contributed by atoms with Crippen molar-refractivity contribution in [1.29, 1.82) is 0 Å². The summed E-state index contributed by atoms with van der Waals surface area (Å²) in [4.78, 5) is 10.9. The molecule has 0 radical (unpaired) electrons. The molecule has 1 aliphatic carbocycles. The number of allylic oxidation sites excluding steroid dienone is 1. The van der Waals surface area contributed by atoms with Crippen LogP contribution in [0.15, 0.2) is 36.2 Å². The number of methoxy groups -OCH3 is 1. The van der Waals surface area contributed by atoms with Gasteiger partial charge in [0.2, 0.25) is 5.88 Å². The molecule has 144 valence electrons. The van der Waals surface area contributed by atoms with Gasteiger partial charge in [0.15, 0.2) is 0 Å². The second-order valence-corrected chi connectivity index (χ2v) is 6.94. The SMILES string of the molecule is COc1nccnc1C(C)C1=C(CCN(C)CCO)Cc2cc(F)ccc21. The average Bonchev–Trinajstić information content (AvgIpc) is 3.03. The molecule has 1 aliphatic rings. The minimum atomic E-state index is -0.212. The Morgan fingerprint density at radius 1 is 1.26 bits per heavy atom. The molecule has 0 bridgehead atoms. The maximum Gasteiger partial charge on any atom is 0.235 e. The smallest absolute Gasteiger partial charge is 0.235 e. The molecule has 3 rings (SSSR count). The summed E-state index contributed by atoms with van der Waals surface area (Å²) in [6.45, 7) is 3.71. The van der Waals surface area contributed by atoms with E-state index in [1.54, 1.807) is 25.6 Å². The predicted octanol–water partition coefficient (Wildman–Crippen LogP) is 3.05. The molecule has 0 saturated carbocycles. The first-order chi connectivity index (χ1) is 13.0. The minimum absolute atomic E-state index is 0.0153. The Bertz CT molecular complexity index is 838. The van der Waals surface area contributed by atoms with E-state index in [0.29, 0.717) is 12.4 Å². The molecule has 1 unspecified atom stereocenters. The molecule has 0 fully saturated rings. The topological polar surface area (TPSA) is 58.5 Å². The number of hydrogen-bond acceptors (Lipinski definition) is 5. The molecule has 0 amide bonds. The number of benzene rings is 1. The normalized spacial score (nSPS) is 14.6. The fourth-order valence-electron chi connectivity index (χ4n) is 3.78. The van der Waals surface area contributed by atoms with Gasteiger partial charge in [-0.1, -0.05) is 18.6 Å². The van der Waals surface area contributed by atoms with Gasteiger partial charge in [-0.05, 0) is 48.7 Å². The summed E-state index contributed by atoms with van der Waals surface area (Å²) < 4.78 is 19.2. The van der Waals surface area contributed by atoms with Crippen molar-refractivity contribution in [2.24, 2.45) is 0 Å². The third-order valence-corrected chi connectivity index (χ3v) is 5.15. The highest BCUT2D eigenvalue weighted by atomic mass is 19.1. The van der Waals surface area contributed by atoms with Gasteiger partial charge in [-0.3, -0.25) is 4.98 Å². The van der Waals surface area contributed by atoms with Gasteiger partial charge in [0.25, 0.3) is 0 Å². The second-order valence-electron chi connectivity index (χ2n) is 6.94. The van der Waals surface area contributed by atoms with Crippen molar-refractivity contribution in [3.05, 3.63) is 58.8 Å². The number of ether oxygens (including phenoxy) is 1. The molecule has 1 atom stereocenters. The Balaban J connectivity index is 1.98. The zero-order chi connectivity index (χ0) is 19.4. The molecular weight excluding hydrogens is 345 g/mol. The Hall–Kier alpha value is -2.31. The van der Waals surface area contributed by atoms with Crippen LogP contribution in [0, 0.1) is 5.82 Å². The third-order valence-electron chi connectivity index (χ3n) is 5.15. The Morgan fingerprint density at radius 2 is 2.04 bits per heavy atom. The molecule has 0 aliphatic heterocycles. The van der Waals surface area contributed by atoms with Crippen LogP contribution in [0.2, 0.25) is 0 Å². The van der Waals surface area contributed by atoms with Crippen molar-refractivity contribution in [1.82, 2.24) is 14.9 Å². The summed E-state index contributed by atoms with van der Waals surface area (Å²) in [5, 5.41) is 9.12. The molecule has 2 aromatic rings. The lowest BCUT2D eigenvalue weighted by Gasteiger charge is -2.20. The zero-order valence-electron chi connectivity index (χ0n) is 16.1. The Kier molecular flexibility index (Phi) is 6.19. The third kappa shape index (κ3) is 4.17. The van der Waals surface area contributed by atoms with Crippen LogP contribution in [0.1, 0.15) is 36.1 Å². The van der Waals surface area contributed by atoms with Gasteiger partial charge < -0.3 is 14.7 Å². The van der Waals surface area contributed by atoms with E-state index < -0.39 is 0 Å². The molecule has 6 heteroatoms. The van der Waals surface area contributed by atoms with Crippen LogP contribution in [-0.4, -0.2) is 53.8 Å². The number of aliphatic hydroxyl groups is 1. The van der Waals surface area contributed by atoms with E-state index in [0.717, 1.165) is 36.2 Å². The van der Waals surface area contributed by atoms with E-state index in [4.69, 9.17) is 9.84 Å². The maximum atomic E-state index is 13.8. The van der Waals surface area contributed by atoms with Crippen LogP contribution in [0.25, 0.3) is 5.57 Å². The first-order valence-electron chi connectivity index (χ1n) is 9.20. The van der Waals surface area contributed by atoms with Crippen LogP contribution in [0.4, 0.5) is 4.39 Å². The quantitative estimate of drug-likeness (QED) is 0.773. The van der Waals surface area contributed by atoms with Gasteiger partial charge in [-0.15, -0.1) is 0 Å². The summed E-state index contributed by atoms with van der Waals surface area (Å²) in [7, 11) is 3.59. The van der Waals surface area contributed by atoms with E-state index in [-0.39, 0.29) is 18.3 Å². The van der Waals surface area contributed by atoms with Crippen LogP contribution in [-0.2, 0) is 6.42 Å². The van der Waals surface area contributed by atoms with Gasteiger partial charge in [0.1, 0.15) is 11.5 Å². The van der Waals surface area contributed by atoms with Gasteiger partial charge in [-0.2, -0.15) is 0 Å². The molecule has 1 heterocycles. The van der Waals surface area contributed by atoms with Crippen LogP contribution >= 0.6 is 0 Å². The molecule has 1 aromatic carbocycles. The number of aliphatic hydroxyl groups excluding tert-OH is 1. The van der Waals surface area contributed by atoms with Crippen molar-refractivity contribution in [3.8, 4) is 5.88 Å². The number of rotatable bonds is 8. The van der Waals surface area contributed by atoms with Gasteiger partial charge in [0, 0.05) is 31.4 Å². The molecule has 5 nitrogen and oxygen atoms in total. The lowest BCUT2D eigenvalue weighted by Crippen LogP contribution is -2.23.